The molecule has 218 valence electrons. The minimum Gasteiger partial charge on any atom is -0.506 e. The molecule has 0 saturated carbocycles. The number of phenolic OH excluding ortho intramolecular Hbond substituents is 2. The number of carboxylic acids is 1. The van der Waals surface area contributed by atoms with Gasteiger partial charge in [0.1, 0.15) is 11.5 Å². The van der Waals surface area contributed by atoms with Crippen LogP contribution in [-0.2, 0) is 36.0 Å². The monoisotopic (exact) mass is 686 g/mol. The molecule has 0 amide bonds. The van der Waals surface area contributed by atoms with Crippen LogP contribution < -0.4 is 0 Å². The molecule has 4 rings (SSSR count). The van der Waals surface area contributed by atoms with Gasteiger partial charge in [0, 0.05) is 5.56 Å². The number of carbonyl (C=O) groups is 2. The van der Waals surface area contributed by atoms with E-state index in [0.717, 1.165) is 60.8 Å². The predicted octanol–water partition coefficient (Wildman–Crippen LogP) is 8.59. The van der Waals surface area contributed by atoms with Crippen molar-refractivity contribution in [3.8, 4) is 11.5 Å². The molecule has 0 unspecified atom stereocenters. The third-order valence-corrected chi connectivity index (χ3v) is 9.47. The second kappa shape index (κ2) is 12.6. The number of hydrogen-bond acceptors (Lipinski definition) is 5. The topological polar surface area (TPSA) is 104 Å². The molecule has 3 aromatic rings. The Bertz CT molecular complexity index is 1440. The number of ether oxygens (including phenoxy) is 1. The van der Waals surface area contributed by atoms with Gasteiger partial charge < -0.3 is 20.1 Å². The fraction of sp³-hybridized carbons (Fsp3) is 0.394. The first kappa shape index (κ1) is 31.1. The zero-order chi connectivity index (χ0) is 30.1. The van der Waals surface area contributed by atoms with Gasteiger partial charge in [-0.2, -0.15) is 0 Å². The maximum absolute atomic E-state index is 13.8. The molecule has 0 aromatic heterocycles. The Morgan fingerprint density at radius 1 is 0.780 bits per heavy atom. The molecular formula is C33H36Br2O6. The number of carboxylic acid groups (broad SMARTS) is 1. The minimum absolute atomic E-state index is 0.0776. The van der Waals surface area contributed by atoms with E-state index in [9.17, 15) is 24.9 Å². The van der Waals surface area contributed by atoms with Crippen LogP contribution in [0.5, 0.6) is 11.5 Å². The lowest BCUT2D eigenvalue weighted by Gasteiger charge is -2.36. The standard InChI is InChI=1S/C33H36Br2O6/c1-5-10-18-16-20(12-7-3)27(34)29(36)25(18)33(23-15-9-14-22(31(38)39)24(23)32(40)41-33)26-19(11-6-2)17-21(13-8-4)28(35)30(26)37/h9,14-17,36-37H,5-8,10-13H2,1-4H3,(H,38,39). The predicted molar refractivity (Wildman–Crippen MR) is 166 cm³/mol. The molecule has 8 heteroatoms. The number of aromatic carboxylic acids is 1. The molecule has 0 atom stereocenters. The van der Waals surface area contributed by atoms with Crippen molar-refractivity contribution in [2.75, 3.05) is 0 Å². The molecule has 0 bridgehead atoms. The van der Waals surface area contributed by atoms with Crippen LogP contribution in [0.1, 0.15) is 113 Å². The van der Waals surface area contributed by atoms with Crippen LogP contribution in [0, 0.1) is 0 Å². The maximum atomic E-state index is 13.8. The summed E-state index contributed by atoms with van der Waals surface area (Å²) in [6.45, 7) is 8.18. The van der Waals surface area contributed by atoms with E-state index < -0.39 is 17.5 Å². The SMILES string of the molecule is CCCc1cc(CCC)c(C2(c3c(CCC)cc(CCC)c(Br)c3O)OC(=O)c3c(C(=O)O)cccc32)c(O)c1Br. The smallest absolute Gasteiger partial charge is 0.341 e. The Morgan fingerprint density at radius 2 is 1.22 bits per heavy atom. The maximum Gasteiger partial charge on any atom is 0.341 e. The molecule has 0 saturated heterocycles. The fourth-order valence-electron chi connectivity index (χ4n) is 6.13. The highest BCUT2D eigenvalue weighted by Gasteiger charge is 2.55. The minimum atomic E-state index is -1.79. The normalized spacial score (nSPS) is 13.8. The Hall–Kier alpha value is -2.84. The Kier molecular flexibility index (Phi) is 9.54. The van der Waals surface area contributed by atoms with Crippen LogP contribution in [0.2, 0.25) is 0 Å². The zero-order valence-electron chi connectivity index (χ0n) is 23.9. The summed E-state index contributed by atoms with van der Waals surface area (Å²) in [4.78, 5) is 26.0. The van der Waals surface area contributed by atoms with Crippen molar-refractivity contribution in [3.05, 3.63) is 89.3 Å². The summed E-state index contributed by atoms with van der Waals surface area (Å²) < 4.78 is 7.35. The van der Waals surface area contributed by atoms with Crippen molar-refractivity contribution >= 4 is 43.8 Å². The number of aryl methyl sites for hydroxylation is 4. The van der Waals surface area contributed by atoms with E-state index in [1.807, 2.05) is 26.0 Å². The third-order valence-electron chi connectivity index (χ3n) is 7.70. The van der Waals surface area contributed by atoms with Gasteiger partial charge in [0.15, 0.2) is 5.60 Å². The lowest BCUT2D eigenvalue weighted by Crippen LogP contribution is -2.33. The van der Waals surface area contributed by atoms with Crippen LogP contribution in [0.25, 0.3) is 0 Å². The first-order chi connectivity index (χ1) is 19.6. The molecule has 3 N–H and O–H groups in total. The van der Waals surface area contributed by atoms with E-state index in [1.165, 1.54) is 6.07 Å². The molecule has 0 aliphatic carbocycles. The van der Waals surface area contributed by atoms with E-state index in [1.54, 1.807) is 12.1 Å². The first-order valence-electron chi connectivity index (χ1n) is 14.3. The number of carbonyl (C=O) groups excluding carboxylic acids is 1. The van der Waals surface area contributed by atoms with Crippen molar-refractivity contribution in [1.29, 1.82) is 0 Å². The summed E-state index contributed by atoms with van der Waals surface area (Å²) in [5.41, 5.74) is 2.29. The van der Waals surface area contributed by atoms with E-state index in [-0.39, 0.29) is 28.2 Å². The average Bonchev–Trinajstić information content (AvgIpc) is 3.23. The molecule has 0 spiro atoms. The van der Waals surface area contributed by atoms with E-state index >= 15 is 0 Å². The van der Waals surface area contributed by atoms with Gasteiger partial charge in [-0.05, 0) is 85.9 Å². The van der Waals surface area contributed by atoms with Crippen LogP contribution in [0.4, 0.5) is 0 Å². The van der Waals surface area contributed by atoms with E-state index in [2.05, 4.69) is 45.7 Å². The van der Waals surface area contributed by atoms with Crippen molar-refractivity contribution < 1.29 is 29.6 Å². The number of benzene rings is 3. The second-order valence-corrected chi connectivity index (χ2v) is 12.2. The Labute approximate surface area is 258 Å². The van der Waals surface area contributed by atoms with Crippen LogP contribution >= 0.6 is 31.9 Å². The van der Waals surface area contributed by atoms with Crippen LogP contribution in [0.3, 0.4) is 0 Å². The number of rotatable bonds is 11. The Balaban J connectivity index is 2.28. The number of hydrogen-bond donors (Lipinski definition) is 3. The van der Waals surface area contributed by atoms with Crippen molar-refractivity contribution in [2.45, 2.75) is 84.7 Å². The number of halogens is 2. The molecule has 0 fully saturated rings. The summed E-state index contributed by atoms with van der Waals surface area (Å²) in [6.07, 6.45) is 5.81. The van der Waals surface area contributed by atoms with Gasteiger partial charge in [0.05, 0.1) is 31.2 Å². The summed E-state index contributed by atoms with van der Waals surface area (Å²) in [5, 5.41) is 33.9. The van der Waals surface area contributed by atoms with Crippen LogP contribution in [0.15, 0.2) is 39.3 Å². The van der Waals surface area contributed by atoms with Gasteiger partial charge >= 0.3 is 11.9 Å². The molecule has 1 heterocycles. The number of esters is 1. The van der Waals surface area contributed by atoms with Gasteiger partial charge in [-0.1, -0.05) is 77.6 Å². The van der Waals surface area contributed by atoms with Crippen LogP contribution in [-0.4, -0.2) is 27.3 Å². The van der Waals surface area contributed by atoms with Gasteiger partial charge in [0.2, 0.25) is 0 Å². The zero-order valence-corrected chi connectivity index (χ0v) is 27.0. The largest absolute Gasteiger partial charge is 0.506 e. The molecule has 0 radical (unpaired) electrons. The van der Waals surface area contributed by atoms with Gasteiger partial charge in [-0.3, -0.25) is 0 Å². The number of phenols is 2. The summed E-state index contributed by atoms with van der Waals surface area (Å²) in [7, 11) is 0. The van der Waals surface area contributed by atoms with Crippen molar-refractivity contribution in [1.82, 2.24) is 0 Å². The van der Waals surface area contributed by atoms with Gasteiger partial charge in [0.25, 0.3) is 0 Å². The molecule has 3 aromatic carbocycles. The molecule has 6 nitrogen and oxygen atoms in total. The average molecular weight is 688 g/mol. The fourth-order valence-corrected chi connectivity index (χ4v) is 7.15. The highest BCUT2D eigenvalue weighted by atomic mass is 79.9. The van der Waals surface area contributed by atoms with Gasteiger partial charge in [-0.25, -0.2) is 9.59 Å². The first-order valence-corrected chi connectivity index (χ1v) is 15.8. The molecule has 41 heavy (non-hydrogen) atoms. The quantitative estimate of drug-likeness (QED) is 0.175. The number of fused-ring (bicyclic) bond motifs is 1. The van der Waals surface area contributed by atoms with Crippen molar-refractivity contribution in [3.63, 3.8) is 0 Å². The number of cyclic esters (lactones) is 1. The third kappa shape index (κ3) is 5.18. The molecular weight excluding hydrogens is 652 g/mol. The summed E-state index contributed by atoms with van der Waals surface area (Å²) in [6, 6.07) is 8.67. The van der Waals surface area contributed by atoms with Gasteiger partial charge in [-0.15, -0.1) is 0 Å². The van der Waals surface area contributed by atoms with E-state index in [4.69, 9.17) is 4.74 Å². The summed E-state index contributed by atoms with van der Waals surface area (Å²) >= 11 is 7.22. The number of aromatic hydroxyl groups is 2. The summed E-state index contributed by atoms with van der Waals surface area (Å²) in [5.74, 6) is -2.25. The molecule has 1 aliphatic heterocycles. The second-order valence-electron chi connectivity index (χ2n) is 10.6. The lowest BCUT2D eigenvalue weighted by atomic mass is 9.73. The highest BCUT2D eigenvalue weighted by Crippen LogP contribution is 2.57. The molecule has 1 aliphatic rings. The highest BCUT2D eigenvalue weighted by molar-refractivity contribution is 9.11. The van der Waals surface area contributed by atoms with Crippen molar-refractivity contribution in [2.24, 2.45) is 0 Å². The van der Waals surface area contributed by atoms with E-state index in [0.29, 0.717) is 32.9 Å². The Morgan fingerprint density at radius 3 is 1.63 bits per heavy atom. The lowest BCUT2D eigenvalue weighted by molar-refractivity contribution is 0.0231.